The van der Waals surface area contributed by atoms with E-state index in [2.05, 4.69) is 9.97 Å². The van der Waals surface area contributed by atoms with Crippen molar-refractivity contribution in [3.8, 4) is 5.75 Å². The average Bonchev–Trinajstić information content (AvgIpc) is 3.10. The van der Waals surface area contributed by atoms with Crippen LogP contribution < -0.4 is 15.4 Å². The molecular formula is C16H14N4O2S. The first-order chi connectivity index (χ1) is 11.2. The Morgan fingerprint density at radius 3 is 2.78 bits per heavy atom. The molecule has 0 atom stereocenters. The van der Waals surface area contributed by atoms with Gasteiger partial charge in [0.05, 0.1) is 24.7 Å². The molecule has 7 heteroatoms. The smallest absolute Gasteiger partial charge is 0.248 e. The summed E-state index contributed by atoms with van der Waals surface area (Å²) < 4.78 is 5.44. The van der Waals surface area contributed by atoms with Crippen LogP contribution in [0.25, 0.3) is 0 Å². The van der Waals surface area contributed by atoms with Gasteiger partial charge in [0.15, 0.2) is 5.13 Å². The lowest BCUT2D eigenvalue weighted by Gasteiger charge is -2.24. The van der Waals surface area contributed by atoms with E-state index in [0.29, 0.717) is 11.3 Å². The van der Waals surface area contributed by atoms with Gasteiger partial charge in [-0.1, -0.05) is 0 Å². The van der Waals surface area contributed by atoms with E-state index in [1.54, 1.807) is 43.9 Å². The van der Waals surface area contributed by atoms with Gasteiger partial charge in [0.1, 0.15) is 5.75 Å². The number of anilines is 3. The van der Waals surface area contributed by atoms with Crippen LogP contribution in [0.4, 0.5) is 16.5 Å². The van der Waals surface area contributed by atoms with Crippen molar-refractivity contribution in [2.45, 2.75) is 0 Å². The number of nitrogens with two attached hydrogens (primary N) is 1. The molecule has 0 fully saturated rings. The zero-order chi connectivity index (χ0) is 16.2. The van der Waals surface area contributed by atoms with Crippen molar-refractivity contribution in [2.75, 3.05) is 12.0 Å². The zero-order valence-corrected chi connectivity index (χ0v) is 13.2. The van der Waals surface area contributed by atoms with Crippen molar-refractivity contribution in [3.63, 3.8) is 0 Å². The number of rotatable bonds is 5. The van der Waals surface area contributed by atoms with Gasteiger partial charge in [0.2, 0.25) is 5.91 Å². The van der Waals surface area contributed by atoms with E-state index in [9.17, 15) is 4.79 Å². The topological polar surface area (TPSA) is 81.3 Å². The van der Waals surface area contributed by atoms with Crippen molar-refractivity contribution in [1.82, 2.24) is 9.97 Å². The summed E-state index contributed by atoms with van der Waals surface area (Å²) in [6, 6.07) is 8.84. The Morgan fingerprint density at radius 1 is 1.30 bits per heavy atom. The second kappa shape index (κ2) is 6.45. The molecule has 116 valence electrons. The minimum atomic E-state index is -0.503. The van der Waals surface area contributed by atoms with Crippen molar-refractivity contribution < 1.29 is 9.53 Å². The van der Waals surface area contributed by atoms with Crippen LogP contribution in [0, 0.1) is 0 Å². The standard InChI is InChI=1S/C16H14N4O2S/c1-22-14-9-11(15(17)21)4-5-13(14)20(16-19-7-8-23-16)12-3-2-6-18-10-12/h2-10H,1H3,(H2,17,21). The molecule has 2 heterocycles. The predicted molar refractivity (Wildman–Crippen MR) is 89.7 cm³/mol. The van der Waals surface area contributed by atoms with Gasteiger partial charge in [-0.05, 0) is 30.3 Å². The molecule has 2 aromatic heterocycles. The molecule has 0 aliphatic heterocycles. The van der Waals surface area contributed by atoms with E-state index in [1.807, 2.05) is 22.4 Å². The summed E-state index contributed by atoms with van der Waals surface area (Å²) in [5, 5.41) is 2.66. The highest BCUT2D eigenvalue weighted by Gasteiger charge is 2.19. The third-order valence-corrected chi connectivity index (χ3v) is 3.98. The number of benzene rings is 1. The summed E-state index contributed by atoms with van der Waals surface area (Å²) in [4.78, 5) is 21.8. The van der Waals surface area contributed by atoms with Crippen molar-refractivity contribution in [1.29, 1.82) is 0 Å². The molecule has 0 spiro atoms. The van der Waals surface area contributed by atoms with Crippen LogP contribution in [0.1, 0.15) is 10.4 Å². The van der Waals surface area contributed by atoms with Crippen molar-refractivity contribution in [3.05, 3.63) is 59.9 Å². The molecule has 0 saturated heterocycles. The summed E-state index contributed by atoms with van der Waals surface area (Å²) in [5.41, 5.74) is 7.32. The fourth-order valence-corrected chi connectivity index (χ4v) is 2.85. The number of carbonyl (C=O) groups is 1. The lowest BCUT2D eigenvalue weighted by molar-refractivity contribution is 0.1000. The molecular weight excluding hydrogens is 312 g/mol. The van der Waals surface area contributed by atoms with E-state index in [4.69, 9.17) is 10.5 Å². The molecule has 1 amide bonds. The number of aromatic nitrogens is 2. The second-order valence-electron chi connectivity index (χ2n) is 4.61. The predicted octanol–water partition coefficient (Wildman–Crippen LogP) is 3.12. The van der Waals surface area contributed by atoms with E-state index >= 15 is 0 Å². The van der Waals surface area contributed by atoms with Crippen molar-refractivity contribution in [2.24, 2.45) is 5.73 Å². The number of pyridine rings is 1. The van der Waals surface area contributed by atoms with E-state index in [1.165, 1.54) is 11.3 Å². The largest absolute Gasteiger partial charge is 0.495 e. The fraction of sp³-hybridized carbons (Fsp3) is 0.0625. The molecule has 0 radical (unpaired) electrons. The Bertz CT molecular complexity index is 806. The normalized spacial score (nSPS) is 10.3. The first-order valence-corrected chi connectivity index (χ1v) is 7.66. The Kier molecular flexibility index (Phi) is 4.20. The Labute approximate surface area is 137 Å². The maximum atomic E-state index is 11.4. The van der Waals surface area contributed by atoms with Gasteiger partial charge in [-0.2, -0.15) is 0 Å². The molecule has 0 aliphatic rings. The number of thiazole rings is 1. The number of amides is 1. The second-order valence-corrected chi connectivity index (χ2v) is 5.49. The van der Waals surface area contributed by atoms with Crippen LogP contribution in [0.5, 0.6) is 5.75 Å². The lowest BCUT2D eigenvalue weighted by Crippen LogP contribution is -2.14. The monoisotopic (exact) mass is 326 g/mol. The maximum Gasteiger partial charge on any atom is 0.248 e. The average molecular weight is 326 g/mol. The summed E-state index contributed by atoms with van der Waals surface area (Å²) in [7, 11) is 1.55. The fourth-order valence-electron chi connectivity index (χ4n) is 2.18. The third kappa shape index (κ3) is 3.00. The summed E-state index contributed by atoms with van der Waals surface area (Å²) in [6.07, 6.45) is 5.17. The first-order valence-electron chi connectivity index (χ1n) is 6.78. The summed E-state index contributed by atoms with van der Waals surface area (Å²) in [5.74, 6) is 0.0254. The van der Waals surface area contributed by atoms with Gasteiger partial charge in [-0.3, -0.25) is 14.7 Å². The lowest BCUT2D eigenvalue weighted by atomic mass is 10.1. The minimum Gasteiger partial charge on any atom is -0.495 e. The number of carbonyl (C=O) groups excluding carboxylic acids is 1. The van der Waals surface area contributed by atoms with Crippen molar-refractivity contribution >= 4 is 33.8 Å². The number of hydrogen-bond donors (Lipinski definition) is 1. The van der Waals surface area contributed by atoms with Crippen LogP contribution in [-0.4, -0.2) is 23.0 Å². The molecule has 1 aromatic carbocycles. The van der Waals surface area contributed by atoms with E-state index in [-0.39, 0.29) is 0 Å². The Hall–Kier alpha value is -2.93. The van der Waals surface area contributed by atoms with Gasteiger partial charge < -0.3 is 10.5 Å². The highest BCUT2D eigenvalue weighted by atomic mass is 32.1. The molecule has 0 unspecified atom stereocenters. The maximum absolute atomic E-state index is 11.4. The van der Waals surface area contributed by atoms with Crippen LogP contribution in [-0.2, 0) is 0 Å². The molecule has 23 heavy (non-hydrogen) atoms. The minimum absolute atomic E-state index is 0.385. The van der Waals surface area contributed by atoms with Crippen LogP contribution in [0.15, 0.2) is 54.3 Å². The number of methoxy groups -OCH3 is 1. The number of primary amides is 1. The number of ether oxygens (including phenoxy) is 1. The summed E-state index contributed by atoms with van der Waals surface area (Å²) >= 11 is 1.49. The highest BCUT2D eigenvalue weighted by Crippen LogP contribution is 2.40. The Balaban J connectivity index is 2.16. The number of nitrogens with zero attached hydrogens (tertiary/aromatic N) is 3. The van der Waals surface area contributed by atoms with E-state index in [0.717, 1.165) is 16.5 Å². The molecule has 6 nitrogen and oxygen atoms in total. The molecule has 3 aromatic rings. The van der Waals surface area contributed by atoms with Gasteiger partial charge >= 0.3 is 0 Å². The first kappa shape index (κ1) is 15.0. The van der Waals surface area contributed by atoms with Gasteiger partial charge in [-0.25, -0.2) is 4.98 Å². The highest BCUT2D eigenvalue weighted by molar-refractivity contribution is 7.13. The van der Waals surface area contributed by atoms with Crippen LogP contribution in [0.2, 0.25) is 0 Å². The third-order valence-electron chi connectivity index (χ3n) is 3.22. The SMILES string of the molecule is COc1cc(C(N)=O)ccc1N(c1cccnc1)c1nccs1. The molecule has 0 saturated carbocycles. The Morgan fingerprint density at radius 2 is 2.17 bits per heavy atom. The summed E-state index contributed by atoms with van der Waals surface area (Å²) in [6.45, 7) is 0. The van der Waals surface area contributed by atoms with Gasteiger partial charge in [0, 0.05) is 23.3 Å². The molecule has 0 aliphatic carbocycles. The van der Waals surface area contributed by atoms with Gasteiger partial charge in [0.25, 0.3) is 0 Å². The van der Waals surface area contributed by atoms with Gasteiger partial charge in [-0.15, -0.1) is 11.3 Å². The molecule has 2 N–H and O–H groups in total. The number of hydrogen-bond acceptors (Lipinski definition) is 6. The molecule has 3 rings (SSSR count). The quantitative estimate of drug-likeness (QED) is 0.779. The van der Waals surface area contributed by atoms with E-state index < -0.39 is 5.91 Å². The van der Waals surface area contributed by atoms with Crippen LogP contribution >= 0.6 is 11.3 Å². The zero-order valence-electron chi connectivity index (χ0n) is 12.3. The van der Waals surface area contributed by atoms with Crippen LogP contribution in [0.3, 0.4) is 0 Å². The molecule has 0 bridgehead atoms.